The molecule has 0 aliphatic carbocycles. The Labute approximate surface area is 116 Å². The number of aromatic nitrogens is 2. The van der Waals surface area contributed by atoms with E-state index in [1.54, 1.807) is 12.3 Å². The Morgan fingerprint density at radius 2 is 2.05 bits per heavy atom. The Kier molecular flexibility index (Phi) is 4.74. The van der Waals surface area contributed by atoms with Gasteiger partial charge in [0.25, 0.3) is 0 Å². The van der Waals surface area contributed by atoms with Crippen molar-refractivity contribution in [3.8, 4) is 0 Å². The molecular weight excluding hydrogens is 260 g/mol. The predicted octanol–water partition coefficient (Wildman–Crippen LogP) is 2.63. The van der Waals surface area contributed by atoms with Gasteiger partial charge in [0.2, 0.25) is 0 Å². The molecular formula is C15H17F2N3. The number of nitrogens with two attached hydrogens (primary N) is 1. The van der Waals surface area contributed by atoms with Crippen LogP contribution in [0.25, 0.3) is 0 Å². The van der Waals surface area contributed by atoms with Crippen molar-refractivity contribution in [2.24, 2.45) is 5.73 Å². The third-order valence-electron chi connectivity index (χ3n) is 3.12. The minimum atomic E-state index is -0.588. The Morgan fingerprint density at radius 1 is 1.25 bits per heavy atom. The van der Waals surface area contributed by atoms with Crippen molar-refractivity contribution in [1.82, 2.24) is 9.97 Å². The van der Waals surface area contributed by atoms with E-state index in [2.05, 4.69) is 9.97 Å². The molecule has 1 aromatic heterocycles. The van der Waals surface area contributed by atoms with Gasteiger partial charge >= 0.3 is 0 Å². The van der Waals surface area contributed by atoms with Crippen molar-refractivity contribution >= 4 is 0 Å². The Bertz CT molecular complexity index is 587. The second-order valence-electron chi connectivity index (χ2n) is 4.75. The lowest BCUT2D eigenvalue weighted by atomic mass is 10.1. The first-order valence-electron chi connectivity index (χ1n) is 6.58. The summed E-state index contributed by atoms with van der Waals surface area (Å²) >= 11 is 0. The molecule has 0 spiro atoms. The molecule has 5 heteroatoms. The summed E-state index contributed by atoms with van der Waals surface area (Å²) in [6, 6.07) is 5.38. The van der Waals surface area contributed by atoms with E-state index in [-0.39, 0.29) is 12.5 Å². The normalized spacial score (nSPS) is 12.4. The smallest absolute Gasteiger partial charge is 0.133 e. The van der Waals surface area contributed by atoms with Crippen molar-refractivity contribution in [3.63, 3.8) is 0 Å². The van der Waals surface area contributed by atoms with Crippen LogP contribution in [0.5, 0.6) is 0 Å². The molecule has 1 heterocycles. The maximum Gasteiger partial charge on any atom is 0.133 e. The van der Waals surface area contributed by atoms with Crippen LogP contribution in [0.15, 0.2) is 30.5 Å². The minimum Gasteiger partial charge on any atom is -0.327 e. The van der Waals surface area contributed by atoms with Crippen LogP contribution in [-0.2, 0) is 12.8 Å². The van der Waals surface area contributed by atoms with Gasteiger partial charge in [-0.2, -0.15) is 0 Å². The van der Waals surface area contributed by atoms with Gasteiger partial charge in [0.1, 0.15) is 17.5 Å². The molecule has 0 aliphatic heterocycles. The third-order valence-corrected chi connectivity index (χ3v) is 3.12. The summed E-state index contributed by atoms with van der Waals surface area (Å²) in [4.78, 5) is 8.49. The van der Waals surface area contributed by atoms with E-state index >= 15 is 0 Å². The molecule has 0 fully saturated rings. The zero-order valence-electron chi connectivity index (χ0n) is 11.3. The van der Waals surface area contributed by atoms with Crippen molar-refractivity contribution < 1.29 is 8.78 Å². The topological polar surface area (TPSA) is 51.8 Å². The molecule has 2 rings (SSSR count). The number of rotatable bonds is 5. The van der Waals surface area contributed by atoms with Crippen LogP contribution in [0.1, 0.15) is 30.4 Å². The van der Waals surface area contributed by atoms with E-state index in [0.717, 1.165) is 18.2 Å². The first-order valence-corrected chi connectivity index (χ1v) is 6.58. The molecule has 1 aromatic carbocycles. The van der Waals surface area contributed by atoms with Gasteiger partial charge in [0, 0.05) is 36.8 Å². The van der Waals surface area contributed by atoms with Gasteiger partial charge in [-0.05, 0) is 24.1 Å². The molecule has 0 radical (unpaired) electrons. The summed E-state index contributed by atoms with van der Waals surface area (Å²) in [6.45, 7) is 2.01. The van der Waals surface area contributed by atoms with E-state index in [4.69, 9.17) is 5.73 Å². The van der Waals surface area contributed by atoms with Crippen LogP contribution in [0, 0.1) is 11.6 Å². The highest BCUT2D eigenvalue weighted by molar-refractivity contribution is 5.22. The van der Waals surface area contributed by atoms with Crippen molar-refractivity contribution in [2.75, 3.05) is 0 Å². The van der Waals surface area contributed by atoms with Crippen molar-refractivity contribution in [2.45, 2.75) is 32.2 Å². The standard InChI is InChI=1S/C15H17F2N3/c1-2-12(18)9-13-5-6-19-15(20-13)7-10-3-4-11(16)8-14(10)17/h3-6,8,12H,2,7,9,18H2,1H3. The lowest BCUT2D eigenvalue weighted by molar-refractivity contribution is 0.573. The van der Waals surface area contributed by atoms with Gasteiger partial charge in [-0.3, -0.25) is 0 Å². The maximum atomic E-state index is 13.6. The van der Waals surface area contributed by atoms with E-state index < -0.39 is 11.6 Å². The molecule has 0 bridgehead atoms. The fourth-order valence-corrected chi connectivity index (χ4v) is 1.89. The summed E-state index contributed by atoms with van der Waals surface area (Å²) in [5, 5.41) is 0. The molecule has 3 nitrogen and oxygen atoms in total. The minimum absolute atomic E-state index is 0.0558. The monoisotopic (exact) mass is 277 g/mol. The zero-order chi connectivity index (χ0) is 14.5. The summed E-state index contributed by atoms with van der Waals surface area (Å²) in [6.07, 6.45) is 3.41. The van der Waals surface area contributed by atoms with Crippen LogP contribution in [0.3, 0.4) is 0 Å². The van der Waals surface area contributed by atoms with E-state index in [0.29, 0.717) is 17.8 Å². The largest absolute Gasteiger partial charge is 0.327 e. The molecule has 106 valence electrons. The number of halogens is 2. The first kappa shape index (κ1) is 14.5. The number of hydrogen-bond donors (Lipinski definition) is 1. The Balaban J connectivity index is 2.15. The van der Waals surface area contributed by atoms with Gasteiger partial charge < -0.3 is 5.73 Å². The van der Waals surface area contributed by atoms with Crippen LogP contribution in [0.4, 0.5) is 8.78 Å². The second kappa shape index (κ2) is 6.52. The first-order chi connectivity index (χ1) is 9.58. The Hall–Kier alpha value is -1.88. The molecule has 0 amide bonds. The average Bonchev–Trinajstić information content (AvgIpc) is 2.42. The number of benzene rings is 1. The average molecular weight is 277 g/mol. The van der Waals surface area contributed by atoms with E-state index in [9.17, 15) is 8.78 Å². The molecule has 0 saturated carbocycles. The van der Waals surface area contributed by atoms with Crippen LogP contribution in [0.2, 0.25) is 0 Å². The summed E-state index contributed by atoms with van der Waals surface area (Å²) < 4.78 is 26.4. The van der Waals surface area contributed by atoms with Crippen molar-refractivity contribution in [3.05, 3.63) is 59.2 Å². The second-order valence-corrected chi connectivity index (χ2v) is 4.75. The SMILES string of the molecule is CCC(N)Cc1ccnc(Cc2ccc(F)cc2F)n1. The third kappa shape index (κ3) is 3.81. The molecule has 20 heavy (non-hydrogen) atoms. The fourth-order valence-electron chi connectivity index (χ4n) is 1.89. The molecule has 2 N–H and O–H groups in total. The van der Waals surface area contributed by atoms with E-state index in [1.165, 1.54) is 12.1 Å². The molecule has 1 unspecified atom stereocenters. The molecule has 0 aliphatic rings. The van der Waals surface area contributed by atoms with Crippen LogP contribution >= 0.6 is 0 Å². The van der Waals surface area contributed by atoms with Gasteiger partial charge in [-0.15, -0.1) is 0 Å². The number of nitrogens with zero attached hydrogens (tertiary/aromatic N) is 2. The summed E-state index contributed by atoms with van der Waals surface area (Å²) in [5.74, 6) is -0.657. The van der Waals surface area contributed by atoms with E-state index in [1.807, 2.05) is 6.92 Å². The summed E-state index contributed by atoms with van der Waals surface area (Å²) in [5.41, 5.74) is 7.10. The fraction of sp³-hybridized carbons (Fsp3) is 0.333. The maximum absolute atomic E-state index is 13.6. The molecule has 0 saturated heterocycles. The number of hydrogen-bond acceptors (Lipinski definition) is 3. The lowest BCUT2D eigenvalue weighted by Crippen LogP contribution is -2.22. The zero-order valence-corrected chi connectivity index (χ0v) is 11.3. The van der Waals surface area contributed by atoms with Crippen LogP contribution < -0.4 is 5.73 Å². The molecule has 1 atom stereocenters. The van der Waals surface area contributed by atoms with Crippen LogP contribution in [-0.4, -0.2) is 16.0 Å². The predicted molar refractivity (Wildman–Crippen MR) is 73.2 cm³/mol. The highest BCUT2D eigenvalue weighted by Crippen LogP contribution is 2.13. The Morgan fingerprint density at radius 3 is 2.75 bits per heavy atom. The molecule has 2 aromatic rings. The van der Waals surface area contributed by atoms with Gasteiger partial charge in [-0.1, -0.05) is 13.0 Å². The summed E-state index contributed by atoms with van der Waals surface area (Å²) in [7, 11) is 0. The highest BCUT2D eigenvalue weighted by Gasteiger charge is 2.08. The lowest BCUT2D eigenvalue weighted by Gasteiger charge is -2.09. The quantitative estimate of drug-likeness (QED) is 0.914. The van der Waals surface area contributed by atoms with Gasteiger partial charge in [-0.25, -0.2) is 18.7 Å². The van der Waals surface area contributed by atoms with Crippen molar-refractivity contribution in [1.29, 1.82) is 0 Å². The highest BCUT2D eigenvalue weighted by atomic mass is 19.1. The van der Waals surface area contributed by atoms with Gasteiger partial charge in [0.15, 0.2) is 0 Å². The van der Waals surface area contributed by atoms with Gasteiger partial charge in [0.05, 0.1) is 0 Å².